The highest BCUT2D eigenvalue weighted by molar-refractivity contribution is 9.10. The fourth-order valence-corrected chi connectivity index (χ4v) is 1.82. The molecule has 2 aromatic heterocycles. The van der Waals surface area contributed by atoms with E-state index in [2.05, 4.69) is 26.0 Å². The predicted octanol–water partition coefficient (Wildman–Crippen LogP) is 1.02. The van der Waals surface area contributed by atoms with Gasteiger partial charge in [0.05, 0.1) is 28.1 Å². The summed E-state index contributed by atoms with van der Waals surface area (Å²) in [6, 6.07) is 0. The van der Waals surface area contributed by atoms with Crippen LogP contribution in [0.15, 0.2) is 23.1 Å². The zero-order chi connectivity index (χ0) is 12.6. The highest BCUT2D eigenvalue weighted by atomic mass is 79.9. The molecule has 1 amide bonds. The first-order valence-corrected chi connectivity index (χ1v) is 5.55. The van der Waals surface area contributed by atoms with Gasteiger partial charge in [-0.1, -0.05) is 0 Å². The normalized spacial score (nSPS) is 10.5. The van der Waals surface area contributed by atoms with Gasteiger partial charge >= 0.3 is 0 Å². The number of aromatic nitrogens is 3. The molecule has 88 valence electrons. The SMILES string of the molecule is Cc1c(N)cnc(-n2cc(C(N)=O)cn2)c1Br. The van der Waals surface area contributed by atoms with E-state index in [1.54, 1.807) is 6.20 Å². The van der Waals surface area contributed by atoms with Gasteiger partial charge in [0, 0.05) is 6.20 Å². The number of primary amides is 1. The Kier molecular flexibility index (Phi) is 2.84. The Hall–Kier alpha value is -1.89. The highest BCUT2D eigenvalue weighted by Crippen LogP contribution is 2.26. The molecule has 0 spiro atoms. The summed E-state index contributed by atoms with van der Waals surface area (Å²) < 4.78 is 2.20. The Morgan fingerprint density at radius 2 is 2.18 bits per heavy atom. The molecular formula is C10H10BrN5O. The van der Waals surface area contributed by atoms with Crippen LogP contribution >= 0.6 is 15.9 Å². The van der Waals surface area contributed by atoms with Gasteiger partial charge in [-0.3, -0.25) is 4.79 Å². The van der Waals surface area contributed by atoms with E-state index in [4.69, 9.17) is 11.5 Å². The number of hydrogen-bond donors (Lipinski definition) is 2. The van der Waals surface area contributed by atoms with E-state index in [1.165, 1.54) is 17.1 Å². The van der Waals surface area contributed by atoms with Crippen LogP contribution in [0.5, 0.6) is 0 Å². The first-order valence-electron chi connectivity index (χ1n) is 4.76. The lowest BCUT2D eigenvalue weighted by atomic mass is 10.2. The zero-order valence-electron chi connectivity index (χ0n) is 9.01. The molecule has 0 atom stereocenters. The van der Waals surface area contributed by atoms with Gasteiger partial charge in [-0.15, -0.1) is 0 Å². The van der Waals surface area contributed by atoms with Crippen molar-refractivity contribution in [2.24, 2.45) is 5.73 Å². The number of pyridine rings is 1. The summed E-state index contributed by atoms with van der Waals surface area (Å²) in [6.45, 7) is 1.86. The third-order valence-corrected chi connectivity index (χ3v) is 3.32. The minimum absolute atomic E-state index is 0.327. The molecule has 0 radical (unpaired) electrons. The van der Waals surface area contributed by atoms with E-state index < -0.39 is 5.91 Å². The summed E-state index contributed by atoms with van der Waals surface area (Å²) in [5, 5.41) is 4.02. The fourth-order valence-electron chi connectivity index (χ4n) is 1.30. The van der Waals surface area contributed by atoms with Crippen molar-refractivity contribution in [1.82, 2.24) is 14.8 Å². The number of rotatable bonds is 2. The second-order valence-electron chi connectivity index (χ2n) is 3.51. The van der Waals surface area contributed by atoms with Crippen molar-refractivity contribution in [2.45, 2.75) is 6.92 Å². The molecule has 0 bridgehead atoms. The van der Waals surface area contributed by atoms with Crippen LogP contribution < -0.4 is 11.5 Å². The topological polar surface area (TPSA) is 99.8 Å². The van der Waals surface area contributed by atoms with Crippen LogP contribution in [0, 0.1) is 6.92 Å². The van der Waals surface area contributed by atoms with Gasteiger partial charge in [0.25, 0.3) is 5.91 Å². The minimum Gasteiger partial charge on any atom is -0.397 e. The number of halogens is 1. The fraction of sp³-hybridized carbons (Fsp3) is 0.100. The zero-order valence-corrected chi connectivity index (χ0v) is 10.6. The summed E-state index contributed by atoms with van der Waals surface area (Å²) in [4.78, 5) is 15.1. The largest absolute Gasteiger partial charge is 0.397 e. The molecule has 7 heteroatoms. The molecule has 0 aliphatic heterocycles. The van der Waals surface area contributed by atoms with Gasteiger partial charge < -0.3 is 11.5 Å². The minimum atomic E-state index is -0.528. The highest BCUT2D eigenvalue weighted by Gasteiger charge is 2.12. The number of amides is 1. The molecule has 0 unspecified atom stereocenters. The average Bonchev–Trinajstić information content (AvgIpc) is 2.75. The summed E-state index contributed by atoms with van der Waals surface area (Å²) in [5.41, 5.74) is 12.7. The number of carbonyl (C=O) groups is 1. The Balaban J connectivity index is 2.53. The van der Waals surface area contributed by atoms with Gasteiger partial charge in [-0.2, -0.15) is 5.10 Å². The van der Waals surface area contributed by atoms with Crippen LogP contribution in [0.2, 0.25) is 0 Å². The molecule has 0 aliphatic carbocycles. The summed E-state index contributed by atoms with van der Waals surface area (Å²) in [5.74, 6) is 0.0312. The van der Waals surface area contributed by atoms with E-state index in [9.17, 15) is 4.79 Å². The Morgan fingerprint density at radius 1 is 1.47 bits per heavy atom. The van der Waals surface area contributed by atoms with Crippen LogP contribution in [0.1, 0.15) is 15.9 Å². The third kappa shape index (κ3) is 2.01. The van der Waals surface area contributed by atoms with Gasteiger partial charge in [0.1, 0.15) is 0 Å². The Labute approximate surface area is 106 Å². The molecule has 0 saturated carbocycles. The molecule has 2 rings (SSSR count). The van der Waals surface area contributed by atoms with Crippen LogP contribution in [-0.4, -0.2) is 20.7 Å². The lowest BCUT2D eigenvalue weighted by Crippen LogP contribution is -2.09. The predicted molar refractivity (Wildman–Crippen MR) is 66.7 cm³/mol. The van der Waals surface area contributed by atoms with E-state index in [0.29, 0.717) is 17.1 Å². The summed E-state index contributed by atoms with van der Waals surface area (Å²) in [6.07, 6.45) is 4.45. The maximum absolute atomic E-state index is 11.0. The summed E-state index contributed by atoms with van der Waals surface area (Å²) >= 11 is 3.39. The smallest absolute Gasteiger partial charge is 0.251 e. The molecule has 4 N–H and O–H groups in total. The van der Waals surface area contributed by atoms with Gasteiger partial charge in [0.2, 0.25) is 0 Å². The first kappa shape index (κ1) is 11.6. The van der Waals surface area contributed by atoms with Crippen molar-refractivity contribution in [3.05, 3.63) is 34.2 Å². The number of nitrogens with two attached hydrogens (primary N) is 2. The van der Waals surface area contributed by atoms with Crippen LogP contribution in [0.3, 0.4) is 0 Å². The lowest BCUT2D eigenvalue weighted by molar-refractivity contribution is 0.100. The van der Waals surface area contributed by atoms with E-state index in [-0.39, 0.29) is 0 Å². The van der Waals surface area contributed by atoms with E-state index in [0.717, 1.165) is 10.0 Å². The maximum Gasteiger partial charge on any atom is 0.251 e. The Morgan fingerprint density at radius 3 is 2.76 bits per heavy atom. The molecule has 0 aromatic carbocycles. The van der Waals surface area contributed by atoms with Crippen LogP contribution in [0.25, 0.3) is 5.82 Å². The van der Waals surface area contributed by atoms with Crippen molar-refractivity contribution in [3.8, 4) is 5.82 Å². The molecule has 6 nitrogen and oxygen atoms in total. The summed E-state index contributed by atoms with van der Waals surface area (Å²) in [7, 11) is 0. The molecular weight excluding hydrogens is 286 g/mol. The first-order chi connectivity index (χ1) is 8.00. The van der Waals surface area contributed by atoms with Gasteiger partial charge in [-0.25, -0.2) is 9.67 Å². The lowest BCUT2D eigenvalue weighted by Gasteiger charge is -2.07. The van der Waals surface area contributed by atoms with Crippen molar-refractivity contribution < 1.29 is 4.79 Å². The molecule has 0 aliphatic rings. The number of hydrogen-bond acceptors (Lipinski definition) is 4. The second kappa shape index (κ2) is 4.17. The number of carbonyl (C=O) groups excluding carboxylic acids is 1. The molecule has 17 heavy (non-hydrogen) atoms. The van der Waals surface area contributed by atoms with Crippen molar-refractivity contribution >= 4 is 27.5 Å². The average molecular weight is 296 g/mol. The number of nitrogen functional groups attached to an aromatic ring is 1. The van der Waals surface area contributed by atoms with Crippen LogP contribution in [0.4, 0.5) is 5.69 Å². The Bertz CT molecular complexity index is 592. The van der Waals surface area contributed by atoms with E-state index in [1.807, 2.05) is 6.92 Å². The molecule has 0 fully saturated rings. The molecule has 0 saturated heterocycles. The third-order valence-electron chi connectivity index (χ3n) is 2.37. The standard InChI is InChI=1S/C10H10BrN5O/c1-5-7(12)3-14-10(8(5)11)16-4-6(2-15-16)9(13)17/h2-4H,12H2,1H3,(H2,13,17). The monoisotopic (exact) mass is 295 g/mol. The van der Waals surface area contributed by atoms with Gasteiger partial charge in [-0.05, 0) is 28.4 Å². The van der Waals surface area contributed by atoms with Crippen molar-refractivity contribution in [3.63, 3.8) is 0 Å². The van der Waals surface area contributed by atoms with Crippen molar-refractivity contribution in [1.29, 1.82) is 0 Å². The molecule has 2 heterocycles. The second-order valence-corrected chi connectivity index (χ2v) is 4.31. The van der Waals surface area contributed by atoms with Gasteiger partial charge in [0.15, 0.2) is 5.82 Å². The maximum atomic E-state index is 11.0. The quantitative estimate of drug-likeness (QED) is 0.864. The van der Waals surface area contributed by atoms with Crippen molar-refractivity contribution in [2.75, 3.05) is 5.73 Å². The molecule has 2 aromatic rings. The number of anilines is 1. The van der Waals surface area contributed by atoms with E-state index >= 15 is 0 Å². The number of nitrogens with zero attached hydrogens (tertiary/aromatic N) is 3. The van der Waals surface area contributed by atoms with Crippen LogP contribution in [-0.2, 0) is 0 Å².